The standard InChI is InChI=1S/C20H24N2O2.ClH/c1-22(17-11-13-21-14-12-17)20(23)15-24-19-10-6-5-9-18(19)16-7-3-2-4-8-16;/h2-10,17,21H,11-15H2,1H3;1H. The molecule has 0 atom stereocenters. The molecule has 3 rings (SSSR count). The predicted octanol–water partition coefficient (Wildman–Crippen LogP) is 3.36. The van der Waals surface area contributed by atoms with Crippen molar-refractivity contribution in [3.8, 4) is 16.9 Å². The summed E-state index contributed by atoms with van der Waals surface area (Å²) in [6.45, 7) is 2.02. The fraction of sp³-hybridized carbons (Fsp3) is 0.350. The summed E-state index contributed by atoms with van der Waals surface area (Å²) in [6, 6.07) is 18.3. The van der Waals surface area contributed by atoms with Crippen molar-refractivity contribution >= 4 is 18.3 Å². The highest BCUT2D eigenvalue weighted by Gasteiger charge is 2.22. The Balaban J connectivity index is 0.00000225. The van der Waals surface area contributed by atoms with Crippen LogP contribution in [-0.4, -0.2) is 43.6 Å². The zero-order valence-electron chi connectivity index (χ0n) is 14.5. The molecule has 1 aliphatic heterocycles. The van der Waals surface area contributed by atoms with E-state index in [-0.39, 0.29) is 24.9 Å². The first-order valence-corrected chi connectivity index (χ1v) is 8.49. The molecule has 0 aromatic heterocycles. The maximum absolute atomic E-state index is 12.4. The quantitative estimate of drug-likeness (QED) is 0.888. The molecule has 1 aliphatic rings. The van der Waals surface area contributed by atoms with E-state index in [0.717, 1.165) is 42.8 Å². The number of benzene rings is 2. The Kier molecular flexibility index (Phi) is 7.29. The van der Waals surface area contributed by atoms with Crippen molar-refractivity contribution in [3.05, 3.63) is 54.6 Å². The number of carbonyl (C=O) groups is 1. The van der Waals surface area contributed by atoms with Crippen molar-refractivity contribution in [2.45, 2.75) is 18.9 Å². The summed E-state index contributed by atoms with van der Waals surface area (Å²) >= 11 is 0. The molecule has 4 nitrogen and oxygen atoms in total. The molecule has 25 heavy (non-hydrogen) atoms. The van der Waals surface area contributed by atoms with Crippen LogP contribution >= 0.6 is 12.4 Å². The first-order chi connectivity index (χ1) is 11.8. The second-order valence-corrected chi connectivity index (χ2v) is 6.14. The summed E-state index contributed by atoms with van der Waals surface area (Å²) in [7, 11) is 1.88. The lowest BCUT2D eigenvalue weighted by atomic mass is 10.0. The third-order valence-corrected chi connectivity index (χ3v) is 4.57. The summed E-state index contributed by atoms with van der Waals surface area (Å²) in [5.74, 6) is 0.778. The van der Waals surface area contributed by atoms with E-state index in [0.29, 0.717) is 6.04 Å². The van der Waals surface area contributed by atoms with Gasteiger partial charge in [-0.05, 0) is 37.6 Å². The summed E-state index contributed by atoms with van der Waals surface area (Å²) in [5, 5.41) is 3.32. The van der Waals surface area contributed by atoms with E-state index < -0.39 is 0 Å². The Morgan fingerprint density at radius 3 is 2.44 bits per heavy atom. The highest BCUT2D eigenvalue weighted by atomic mass is 35.5. The number of hydrogen-bond acceptors (Lipinski definition) is 3. The lowest BCUT2D eigenvalue weighted by molar-refractivity contribution is -0.134. The van der Waals surface area contributed by atoms with Gasteiger partial charge in [0.05, 0.1) is 0 Å². The number of nitrogens with one attached hydrogen (secondary N) is 1. The fourth-order valence-corrected chi connectivity index (χ4v) is 3.09. The lowest BCUT2D eigenvalue weighted by Gasteiger charge is -2.31. The fourth-order valence-electron chi connectivity index (χ4n) is 3.09. The average Bonchev–Trinajstić information content (AvgIpc) is 2.67. The Morgan fingerprint density at radius 1 is 1.08 bits per heavy atom. The van der Waals surface area contributed by atoms with Crippen molar-refractivity contribution < 1.29 is 9.53 Å². The van der Waals surface area contributed by atoms with E-state index in [1.807, 2.05) is 66.5 Å². The molecule has 1 heterocycles. The SMILES string of the molecule is CN(C(=O)COc1ccccc1-c1ccccc1)C1CCNCC1.Cl. The molecule has 0 spiro atoms. The first-order valence-electron chi connectivity index (χ1n) is 8.49. The predicted molar refractivity (Wildman–Crippen MR) is 103 cm³/mol. The van der Waals surface area contributed by atoms with Crippen LogP contribution < -0.4 is 10.1 Å². The number of halogens is 1. The van der Waals surface area contributed by atoms with E-state index in [1.54, 1.807) is 0 Å². The van der Waals surface area contributed by atoms with Gasteiger partial charge in [-0.1, -0.05) is 48.5 Å². The minimum atomic E-state index is 0. The summed E-state index contributed by atoms with van der Waals surface area (Å²) in [6.07, 6.45) is 2.01. The highest BCUT2D eigenvalue weighted by Crippen LogP contribution is 2.29. The van der Waals surface area contributed by atoms with Gasteiger partial charge in [-0.25, -0.2) is 0 Å². The number of piperidine rings is 1. The Hall–Kier alpha value is -2.04. The maximum Gasteiger partial charge on any atom is 0.260 e. The van der Waals surface area contributed by atoms with Crippen LogP contribution in [0.25, 0.3) is 11.1 Å². The van der Waals surface area contributed by atoms with Gasteiger partial charge in [0.25, 0.3) is 5.91 Å². The molecule has 1 amide bonds. The maximum atomic E-state index is 12.4. The minimum absolute atomic E-state index is 0. The molecule has 2 aromatic rings. The van der Waals surface area contributed by atoms with E-state index in [9.17, 15) is 4.79 Å². The molecule has 0 bridgehead atoms. The van der Waals surface area contributed by atoms with Crippen LogP contribution in [0.5, 0.6) is 5.75 Å². The van der Waals surface area contributed by atoms with Crippen molar-refractivity contribution in [2.75, 3.05) is 26.7 Å². The van der Waals surface area contributed by atoms with Gasteiger partial charge in [-0.2, -0.15) is 0 Å². The van der Waals surface area contributed by atoms with Gasteiger partial charge in [0.2, 0.25) is 0 Å². The van der Waals surface area contributed by atoms with E-state index >= 15 is 0 Å². The molecule has 2 aromatic carbocycles. The van der Waals surface area contributed by atoms with Gasteiger partial charge in [-0.3, -0.25) is 4.79 Å². The largest absolute Gasteiger partial charge is 0.483 e. The third kappa shape index (κ3) is 4.97. The van der Waals surface area contributed by atoms with Crippen molar-refractivity contribution in [1.29, 1.82) is 0 Å². The molecule has 1 fully saturated rings. The van der Waals surface area contributed by atoms with Crippen molar-refractivity contribution in [1.82, 2.24) is 10.2 Å². The lowest BCUT2D eigenvalue weighted by Crippen LogP contribution is -2.45. The molecule has 0 saturated carbocycles. The summed E-state index contributed by atoms with van der Waals surface area (Å²) in [4.78, 5) is 14.3. The number of carbonyl (C=O) groups excluding carboxylic acids is 1. The number of para-hydroxylation sites is 1. The Labute approximate surface area is 155 Å². The van der Waals surface area contributed by atoms with Crippen LogP contribution in [0, 0.1) is 0 Å². The van der Waals surface area contributed by atoms with Gasteiger partial charge >= 0.3 is 0 Å². The van der Waals surface area contributed by atoms with Crippen LogP contribution in [0.1, 0.15) is 12.8 Å². The van der Waals surface area contributed by atoms with Gasteiger partial charge in [0, 0.05) is 18.7 Å². The van der Waals surface area contributed by atoms with Gasteiger partial charge < -0.3 is 15.0 Å². The molecule has 0 aliphatic carbocycles. The molecule has 0 unspecified atom stereocenters. The normalized spacial score (nSPS) is 14.4. The van der Waals surface area contributed by atoms with E-state index in [4.69, 9.17) is 4.74 Å². The minimum Gasteiger partial charge on any atom is -0.483 e. The Bertz CT molecular complexity index is 672. The zero-order chi connectivity index (χ0) is 16.8. The van der Waals surface area contributed by atoms with Crippen molar-refractivity contribution in [3.63, 3.8) is 0 Å². The number of likely N-dealkylation sites (N-methyl/N-ethyl adjacent to an activating group) is 1. The topological polar surface area (TPSA) is 41.6 Å². The van der Waals surface area contributed by atoms with Crippen molar-refractivity contribution in [2.24, 2.45) is 0 Å². The highest BCUT2D eigenvalue weighted by molar-refractivity contribution is 5.85. The zero-order valence-corrected chi connectivity index (χ0v) is 15.3. The number of hydrogen-bond donors (Lipinski definition) is 1. The molecule has 134 valence electrons. The van der Waals surface area contributed by atoms with Gasteiger partial charge in [-0.15, -0.1) is 12.4 Å². The number of ether oxygens (including phenoxy) is 1. The van der Waals surface area contributed by atoms with Crippen LogP contribution in [0.3, 0.4) is 0 Å². The van der Waals surface area contributed by atoms with E-state index in [1.165, 1.54) is 0 Å². The monoisotopic (exact) mass is 360 g/mol. The molecule has 1 saturated heterocycles. The third-order valence-electron chi connectivity index (χ3n) is 4.57. The molecular formula is C20H25ClN2O2. The Morgan fingerprint density at radius 2 is 1.72 bits per heavy atom. The smallest absolute Gasteiger partial charge is 0.260 e. The second kappa shape index (κ2) is 9.44. The summed E-state index contributed by atoms with van der Waals surface area (Å²) < 4.78 is 5.86. The molecule has 1 N–H and O–H groups in total. The van der Waals surface area contributed by atoms with Gasteiger partial charge in [0.15, 0.2) is 6.61 Å². The molecule has 5 heteroatoms. The number of nitrogens with zero attached hydrogens (tertiary/aromatic N) is 1. The van der Waals surface area contributed by atoms with Crippen LogP contribution in [0.15, 0.2) is 54.6 Å². The van der Waals surface area contributed by atoms with E-state index in [2.05, 4.69) is 5.32 Å². The molecular weight excluding hydrogens is 336 g/mol. The number of rotatable bonds is 5. The summed E-state index contributed by atoms with van der Waals surface area (Å²) in [5.41, 5.74) is 2.10. The second-order valence-electron chi connectivity index (χ2n) is 6.14. The van der Waals surface area contributed by atoms with Crippen LogP contribution in [-0.2, 0) is 4.79 Å². The molecule has 0 radical (unpaired) electrons. The average molecular weight is 361 g/mol. The van der Waals surface area contributed by atoms with Crippen LogP contribution in [0.2, 0.25) is 0 Å². The number of amides is 1. The van der Waals surface area contributed by atoms with Gasteiger partial charge in [0.1, 0.15) is 5.75 Å². The van der Waals surface area contributed by atoms with Crippen LogP contribution in [0.4, 0.5) is 0 Å². The first kappa shape index (κ1) is 19.3.